The highest BCUT2D eigenvalue weighted by Gasteiger charge is 2.20. The quantitative estimate of drug-likeness (QED) is 0.0321. The lowest BCUT2D eigenvalue weighted by molar-refractivity contribution is -0.143. The van der Waals surface area contributed by atoms with Gasteiger partial charge in [0.1, 0.15) is 0 Å². The second-order valence-electron chi connectivity index (χ2n) is 20.0. The van der Waals surface area contributed by atoms with Crippen molar-refractivity contribution in [1.29, 1.82) is 0 Å². The maximum absolute atomic E-state index is 12.4. The minimum absolute atomic E-state index is 0.00201. The third kappa shape index (κ3) is 50.0. The minimum Gasteiger partial charge on any atom is -0.466 e. The van der Waals surface area contributed by atoms with Gasteiger partial charge >= 0.3 is 5.97 Å². The third-order valence-corrected chi connectivity index (χ3v) is 13.6. The van der Waals surface area contributed by atoms with E-state index in [1.165, 1.54) is 225 Å². The first-order valence-corrected chi connectivity index (χ1v) is 28.9. The highest BCUT2D eigenvalue weighted by molar-refractivity contribution is 5.76. The molecule has 1 amide bonds. The molecule has 0 aromatic heterocycles. The van der Waals surface area contributed by atoms with Crippen molar-refractivity contribution in [2.75, 3.05) is 13.2 Å². The third-order valence-electron chi connectivity index (χ3n) is 13.6. The molecule has 0 radical (unpaired) electrons. The first-order valence-electron chi connectivity index (χ1n) is 28.9. The zero-order valence-electron chi connectivity index (χ0n) is 43.3. The summed E-state index contributed by atoms with van der Waals surface area (Å²) in [5.74, 6) is -0.0488. The zero-order valence-corrected chi connectivity index (χ0v) is 43.3. The van der Waals surface area contributed by atoms with Crippen molar-refractivity contribution in [3.05, 3.63) is 12.2 Å². The maximum atomic E-state index is 12.4. The Bertz CT molecular complexity index is 955. The van der Waals surface area contributed by atoms with Gasteiger partial charge in [-0.1, -0.05) is 270 Å². The maximum Gasteiger partial charge on any atom is 0.305 e. The molecule has 0 aromatic rings. The number of nitrogens with one attached hydrogen (secondary N) is 1. The van der Waals surface area contributed by atoms with Gasteiger partial charge in [0, 0.05) is 12.8 Å². The van der Waals surface area contributed by atoms with Crippen LogP contribution in [0.5, 0.6) is 0 Å². The van der Waals surface area contributed by atoms with E-state index in [-0.39, 0.29) is 18.5 Å². The number of aliphatic hydroxyl groups is 2. The Hall–Kier alpha value is -1.40. The van der Waals surface area contributed by atoms with Crippen LogP contribution in [0.3, 0.4) is 0 Å². The molecule has 0 rings (SSSR count). The summed E-state index contributed by atoms with van der Waals surface area (Å²) in [4.78, 5) is 24.5. The number of amides is 1. The van der Waals surface area contributed by atoms with Gasteiger partial charge in [0.15, 0.2) is 0 Å². The molecule has 64 heavy (non-hydrogen) atoms. The monoisotopic (exact) mass is 904 g/mol. The molecule has 2 atom stereocenters. The van der Waals surface area contributed by atoms with Crippen LogP contribution in [0.4, 0.5) is 0 Å². The van der Waals surface area contributed by atoms with Crippen molar-refractivity contribution in [2.45, 2.75) is 334 Å². The fourth-order valence-electron chi connectivity index (χ4n) is 9.11. The highest BCUT2D eigenvalue weighted by atomic mass is 16.5. The van der Waals surface area contributed by atoms with Crippen molar-refractivity contribution >= 4 is 11.9 Å². The summed E-state index contributed by atoms with van der Waals surface area (Å²) in [6.07, 6.45) is 63.4. The molecule has 0 heterocycles. The summed E-state index contributed by atoms with van der Waals surface area (Å²) in [6.45, 7) is 4.95. The van der Waals surface area contributed by atoms with Crippen LogP contribution < -0.4 is 5.32 Å². The van der Waals surface area contributed by atoms with E-state index in [9.17, 15) is 19.8 Å². The number of esters is 1. The molecule has 0 saturated carbocycles. The Morgan fingerprint density at radius 2 is 0.734 bits per heavy atom. The van der Waals surface area contributed by atoms with Crippen LogP contribution in [0.1, 0.15) is 322 Å². The lowest BCUT2D eigenvalue weighted by atomic mass is 10.0. The van der Waals surface area contributed by atoms with E-state index in [1.807, 2.05) is 0 Å². The van der Waals surface area contributed by atoms with Crippen LogP contribution in [-0.2, 0) is 14.3 Å². The number of hydrogen-bond acceptors (Lipinski definition) is 5. The predicted molar refractivity (Wildman–Crippen MR) is 278 cm³/mol. The first-order chi connectivity index (χ1) is 31.5. The van der Waals surface area contributed by atoms with Crippen molar-refractivity contribution < 1.29 is 24.5 Å². The fraction of sp³-hybridized carbons (Fsp3) is 0.931. The Morgan fingerprint density at radius 3 is 1.11 bits per heavy atom. The van der Waals surface area contributed by atoms with Gasteiger partial charge in [0.25, 0.3) is 0 Å². The van der Waals surface area contributed by atoms with E-state index in [0.717, 1.165) is 64.2 Å². The summed E-state index contributed by atoms with van der Waals surface area (Å²) < 4.78 is 5.48. The minimum atomic E-state index is -0.673. The van der Waals surface area contributed by atoms with Gasteiger partial charge in [-0.05, 0) is 51.4 Å². The zero-order chi connectivity index (χ0) is 46.5. The normalized spacial score (nSPS) is 12.6. The molecule has 0 aliphatic carbocycles. The molecule has 0 aromatic carbocycles. The van der Waals surface area contributed by atoms with Crippen LogP contribution in [-0.4, -0.2) is 47.4 Å². The summed E-state index contributed by atoms with van der Waals surface area (Å²) in [5, 5.41) is 23.2. The number of allylic oxidation sites excluding steroid dienone is 2. The SMILES string of the molecule is CCCCCCCCCCCCCCCCCCCCC(=O)OCCCCCCCCC/C=C\CCCCCCCC(=O)NC(CO)C(O)CCCCCCCCCCCCCCC. The lowest BCUT2D eigenvalue weighted by Crippen LogP contribution is -2.45. The van der Waals surface area contributed by atoms with Crippen molar-refractivity contribution in [3.8, 4) is 0 Å². The molecule has 3 N–H and O–H groups in total. The van der Waals surface area contributed by atoms with Gasteiger partial charge in [-0.25, -0.2) is 0 Å². The predicted octanol–water partition coefficient (Wildman–Crippen LogP) is 17.7. The number of carbonyl (C=O) groups excluding carboxylic acids is 2. The summed E-state index contributed by atoms with van der Waals surface area (Å²) in [7, 11) is 0. The van der Waals surface area contributed by atoms with Crippen molar-refractivity contribution in [1.82, 2.24) is 5.32 Å². The van der Waals surface area contributed by atoms with Crippen LogP contribution in [0.25, 0.3) is 0 Å². The second-order valence-corrected chi connectivity index (χ2v) is 20.0. The Kier molecular flexibility index (Phi) is 53.0. The van der Waals surface area contributed by atoms with Gasteiger partial charge < -0.3 is 20.3 Å². The largest absolute Gasteiger partial charge is 0.466 e. The Labute approximate surface area is 399 Å². The molecule has 6 heteroatoms. The number of hydrogen-bond donors (Lipinski definition) is 3. The fourth-order valence-corrected chi connectivity index (χ4v) is 9.11. The number of aliphatic hydroxyl groups excluding tert-OH is 2. The van der Waals surface area contributed by atoms with Crippen molar-refractivity contribution in [3.63, 3.8) is 0 Å². The van der Waals surface area contributed by atoms with E-state index in [0.29, 0.717) is 25.9 Å². The van der Waals surface area contributed by atoms with Gasteiger partial charge in [-0.2, -0.15) is 0 Å². The average molecular weight is 905 g/mol. The molecule has 0 aliphatic heterocycles. The van der Waals surface area contributed by atoms with Gasteiger partial charge in [-0.3, -0.25) is 9.59 Å². The molecular formula is C58H113NO5. The van der Waals surface area contributed by atoms with Crippen LogP contribution in [0, 0.1) is 0 Å². The molecule has 2 unspecified atom stereocenters. The molecule has 0 bridgehead atoms. The van der Waals surface area contributed by atoms with E-state index >= 15 is 0 Å². The lowest BCUT2D eigenvalue weighted by Gasteiger charge is -2.22. The van der Waals surface area contributed by atoms with Gasteiger partial charge in [-0.15, -0.1) is 0 Å². The summed E-state index contributed by atoms with van der Waals surface area (Å²) in [5.41, 5.74) is 0. The smallest absolute Gasteiger partial charge is 0.305 e. The molecular weight excluding hydrogens is 791 g/mol. The van der Waals surface area contributed by atoms with Crippen LogP contribution in [0.15, 0.2) is 12.2 Å². The summed E-state index contributed by atoms with van der Waals surface area (Å²) >= 11 is 0. The molecule has 0 spiro atoms. The van der Waals surface area contributed by atoms with Crippen molar-refractivity contribution in [2.24, 2.45) is 0 Å². The topological polar surface area (TPSA) is 95.9 Å². The average Bonchev–Trinajstić information content (AvgIpc) is 3.29. The van der Waals surface area contributed by atoms with E-state index in [2.05, 4.69) is 31.3 Å². The number of ether oxygens (including phenoxy) is 1. The number of rotatable bonds is 54. The molecule has 6 nitrogen and oxygen atoms in total. The summed E-state index contributed by atoms with van der Waals surface area (Å²) in [6, 6.07) is -0.552. The first kappa shape index (κ1) is 62.6. The Morgan fingerprint density at radius 1 is 0.422 bits per heavy atom. The standard InChI is InChI=1S/C58H113NO5/c1-3-5-7-9-11-13-15-17-18-19-20-24-28-32-36-40-44-48-52-58(63)64-53-49-45-41-37-33-29-25-22-21-23-27-31-35-39-43-47-51-57(62)59-55(54-60)56(61)50-46-42-38-34-30-26-16-14-12-10-8-6-4-2/h21,23,55-56,60-61H,3-20,22,24-54H2,1-2H3,(H,59,62)/b23-21-. The Balaban J connectivity index is 3.42. The number of carbonyl (C=O) groups is 2. The van der Waals surface area contributed by atoms with Gasteiger partial charge in [0.2, 0.25) is 5.91 Å². The van der Waals surface area contributed by atoms with Crippen LogP contribution in [0.2, 0.25) is 0 Å². The molecule has 380 valence electrons. The molecule has 0 fully saturated rings. The van der Waals surface area contributed by atoms with E-state index in [4.69, 9.17) is 4.74 Å². The molecule has 0 saturated heterocycles. The van der Waals surface area contributed by atoms with E-state index < -0.39 is 12.1 Å². The second kappa shape index (κ2) is 54.2. The van der Waals surface area contributed by atoms with Crippen LogP contribution >= 0.6 is 0 Å². The van der Waals surface area contributed by atoms with E-state index in [1.54, 1.807) is 0 Å². The highest BCUT2D eigenvalue weighted by Crippen LogP contribution is 2.17. The van der Waals surface area contributed by atoms with Gasteiger partial charge in [0.05, 0.1) is 25.4 Å². The molecule has 0 aliphatic rings. The number of unbranched alkanes of at least 4 members (excludes halogenated alkanes) is 41.